The minimum atomic E-state index is -0.0304. The van der Waals surface area contributed by atoms with Crippen LogP contribution in [0.15, 0.2) is 0 Å². The smallest absolute Gasteiger partial charge is 0.0656 e. The van der Waals surface area contributed by atoms with Crippen LogP contribution in [0.2, 0.25) is 0 Å². The molecule has 0 radical (unpaired) electrons. The molecule has 1 atom stereocenters. The van der Waals surface area contributed by atoms with Crippen LogP contribution in [0, 0.1) is 5.92 Å². The summed E-state index contributed by atoms with van der Waals surface area (Å²) >= 11 is 0. The van der Waals surface area contributed by atoms with Crippen LogP contribution in [0.25, 0.3) is 0 Å². The van der Waals surface area contributed by atoms with E-state index in [1.807, 2.05) is 0 Å². The van der Waals surface area contributed by atoms with E-state index < -0.39 is 0 Å². The minimum absolute atomic E-state index is 0.0304. The number of ether oxygens (including phenoxy) is 1. The Morgan fingerprint density at radius 2 is 1.87 bits per heavy atom. The van der Waals surface area contributed by atoms with Gasteiger partial charge >= 0.3 is 0 Å². The lowest BCUT2D eigenvalue weighted by Crippen LogP contribution is -2.55. The Labute approximate surface area is 94.8 Å². The maximum absolute atomic E-state index is 5.83. The molecule has 0 amide bonds. The van der Waals surface area contributed by atoms with E-state index in [2.05, 4.69) is 26.1 Å². The summed E-state index contributed by atoms with van der Waals surface area (Å²) in [4.78, 5) is 0. The molecule has 0 spiro atoms. The fraction of sp³-hybridized carbons (Fsp3) is 1.00. The van der Waals surface area contributed by atoms with Gasteiger partial charge < -0.3 is 15.8 Å². The van der Waals surface area contributed by atoms with Crippen LogP contribution in [0.3, 0.4) is 0 Å². The molecule has 1 unspecified atom stereocenters. The van der Waals surface area contributed by atoms with Crippen molar-refractivity contribution in [3.63, 3.8) is 0 Å². The molecule has 15 heavy (non-hydrogen) atoms. The van der Waals surface area contributed by atoms with Crippen LogP contribution in [0.5, 0.6) is 0 Å². The highest BCUT2D eigenvalue weighted by molar-refractivity contribution is 4.88. The van der Waals surface area contributed by atoms with Crippen molar-refractivity contribution in [2.75, 3.05) is 26.8 Å². The molecule has 3 heteroatoms. The number of nitrogens with one attached hydrogen (secondary N) is 1. The quantitative estimate of drug-likeness (QED) is 0.617. The summed E-state index contributed by atoms with van der Waals surface area (Å²) in [5.74, 6) is 0.749. The molecule has 0 saturated carbocycles. The van der Waals surface area contributed by atoms with Crippen molar-refractivity contribution in [2.45, 2.75) is 45.6 Å². The maximum Gasteiger partial charge on any atom is 0.0656 e. The maximum atomic E-state index is 5.83. The van der Waals surface area contributed by atoms with Crippen LogP contribution < -0.4 is 11.1 Å². The number of hydrogen-bond donors (Lipinski definition) is 2. The molecule has 0 saturated heterocycles. The van der Waals surface area contributed by atoms with Gasteiger partial charge in [0, 0.05) is 13.7 Å². The number of nitrogens with two attached hydrogens (primary N) is 1. The standard InChI is InChI=1S/C12H28N2O/c1-5-11(6-2)8-14-12(7-3,9-13)10-15-4/h11,14H,5-10,13H2,1-4H3. The minimum Gasteiger partial charge on any atom is -0.383 e. The molecule has 0 aliphatic rings. The topological polar surface area (TPSA) is 47.3 Å². The van der Waals surface area contributed by atoms with Gasteiger partial charge in [0.2, 0.25) is 0 Å². The second-order valence-electron chi connectivity index (χ2n) is 4.33. The van der Waals surface area contributed by atoms with E-state index in [-0.39, 0.29) is 5.54 Å². The molecular weight excluding hydrogens is 188 g/mol. The first-order valence-corrected chi connectivity index (χ1v) is 6.12. The average molecular weight is 216 g/mol. The Morgan fingerprint density at radius 3 is 2.20 bits per heavy atom. The van der Waals surface area contributed by atoms with Crippen molar-refractivity contribution in [1.29, 1.82) is 0 Å². The van der Waals surface area contributed by atoms with Gasteiger partial charge in [0.05, 0.1) is 12.1 Å². The molecule has 0 aliphatic heterocycles. The molecule has 0 aromatic carbocycles. The van der Waals surface area contributed by atoms with Crippen molar-refractivity contribution >= 4 is 0 Å². The molecule has 0 bridgehead atoms. The Hall–Kier alpha value is -0.120. The van der Waals surface area contributed by atoms with Gasteiger partial charge in [0.15, 0.2) is 0 Å². The third-order valence-corrected chi connectivity index (χ3v) is 3.41. The Morgan fingerprint density at radius 1 is 1.27 bits per heavy atom. The lowest BCUT2D eigenvalue weighted by Gasteiger charge is -2.33. The molecule has 0 rings (SSSR count). The van der Waals surface area contributed by atoms with Crippen molar-refractivity contribution in [3.8, 4) is 0 Å². The van der Waals surface area contributed by atoms with E-state index in [1.54, 1.807) is 7.11 Å². The summed E-state index contributed by atoms with van der Waals surface area (Å²) in [6.07, 6.45) is 3.46. The second kappa shape index (κ2) is 8.08. The van der Waals surface area contributed by atoms with Gasteiger partial charge in [-0.25, -0.2) is 0 Å². The molecular formula is C12H28N2O. The van der Waals surface area contributed by atoms with Gasteiger partial charge in [0.25, 0.3) is 0 Å². The fourth-order valence-electron chi connectivity index (χ4n) is 1.77. The first kappa shape index (κ1) is 14.9. The molecule has 3 nitrogen and oxygen atoms in total. The lowest BCUT2D eigenvalue weighted by molar-refractivity contribution is 0.106. The number of hydrogen-bond acceptors (Lipinski definition) is 3. The zero-order valence-corrected chi connectivity index (χ0v) is 10.8. The Bertz CT molecular complexity index is 143. The van der Waals surface area contributed by atoms with E-state index in [0.717, 1.165) is 18.9 Å². The molecule has 92 valence electrons. The highest BCUT2D eigenvalue weighted by Crippen LogP contribution is 2.12. The van der Waals surface area contributed by atoms with Gasteiger partial charge in [-0.15, -0.1) is 0 Å². The van der Waals surface area contributed by atoms with Gasteiger partial charge in [-0.2, -0.15) is 0 Å². The van der Waals surface area contributed by atoms with E-state index in [9.17, 15) is 0 Å². The van der Waals surface area contributed by atoms with Crippen molar-refractivity contribution in [2.24, 2.45) is 11.7 Å². The monoisotopic (exact) mass is 216 g/mol. The summed E-state index contributed by atoms with van der Waals surface area (Å²) in [5, 5.41) is 3.59. The van der Waals surface area contributed by atoms with E-state index in [0.29, 0.717) is 13.2 Å². The van der Waals surface area contributed by atoms with Gasteiger partial charge in [-0.1, -0.05) is 33.6 Å². The summed E-state index contributed by atoms with van der Waals surface area (Å²) in [5.41, 5.74) is 5.80. The fourth-order valence-corrected chi connectivity index (χ4v) is 1.77. The first-order valence-electron chi connectivity index (χ1n) is 6.12. The largest absolute Gasteiger partial charge is 0.383 e. The van der Waals surface area contributed by atoms with E-state index in [4.69, 9.17) is 10.5 Å². The predicted octanol–water partition coefficient (Wildman–Crippen LogP) is 1.77. The summed E-state index contributed by atoms with van der Waals surface area (Å²) in [6, 6.07) is 0. The second-order valence-corrected chi connectivity index (χ2v) is 4.33. The van der Waals surface area contributed by atoms with Crippen molar-refractivity contribution in [1.82, 2.24) is 5.32 Å². The van der Waals surface area contributed by atoms with Gasteiger partial charge in [-0.05, 0) is 18.9 Å². The highest BCUT2D eigenvalue weighted by Gasteiger charge is 2.26. The summed E-state index contributed by atoms with van der Waals surface area (Å²) in [7, 11) is 1.73. The number of rotatable bonds is 9. The third-order valence-electron chi connectivity index (χ3n) is 3.41. The Balaban J connectivity index is 4.15. The zero-order valence-electron chi connectivity index (χ0n) is 10.8. The normalized spacial score (nSPS) is 15.6. The molecule has 0 fully saturated rings. The van der Waals surface area contributed by atoms with Crippen molar-refractivity contribution in [3.05, 3.63) is 0 Å². The highest BCUT2D eigenvalue weighted by atomic mass is 16.5. The van der Waals surface area contributed by atoms with Crippen LogP contribution >= 0.6 is 0 Å². The van der Waals surface area contributed by atoms with Crippen LogP contribution in [0.4, 0.5) is 0 Å². The lowest BCUT2D eigenvalue weighted by atomic mass is 9.95. The van der Waals surface area contributed by atoms with Crippen molar-refractivity contribution < 1.29 is 4.74 Å². The van der Waals surface area contributed by atoms with E-state index >= 15 is 0 Å². The predicted molar refractivity (Wildman–Crippen MR) is 66.0 cm³/mol. The molecule has 0 heterocycles. The van der Waals surface area contributed by atoms with Gasteiger partial charge in [-0.3, -0.25) is 0 Å². The first-order chi connectivity index (χ1) is 7.17. The molecule has 0 aromatic heterocycles. The average Bonchev–Trinajstić information content (AvgIpc) is 2.29. The summed E-state index contributed by atoms with van der Waals surface area (Å²) < 4.78 is 5.25. The Kier molecular flexibility index (Phi) is 8.02. The molecule has 0 aromatic rings. The number of methoxy groups -OCH3 is 1. The molecule has 3 N–H and O–H groups in total. The van der Waals surface area contributed by atoms with Crippen LogP contribution in [-0.4, -0.2) is 32.3 Å². The van der Waals surface area contributed by atoms with Crippen LogP contribution in [-0.2, 0) is 4.74 Å². The van der Waals surface area contributed by atoms with Gasteiger partial charge in [0.1, 0.15) is 0 Å². The van der Waals surface area contributed by atoms with Crippen LogP contribution in [0.1, 0.15) is 40.0 Å². The molecule has 0 aliphatic carbocycles. The van der Waals surface area contributed by atoms with E-state index in [1.165, 1.54) is 12.8 Å². The third kappa shape index (κ3) is 4.96. The zero-order chi connectivity index (χ0) is 11.7. The summed E-state index contributed by atoms with van der Waals surface area (Å²) in [6.45, 7) is 9.01. The SMILES string of the molecule is CCC(CC)CNC(CC)(CN)COC.